The molecule has 36 heavy (non-hydrogen) atoms. The maximum absolute atomic E-state index is 12.7. The van der Waals surface area contributed by atoms with E-state index in [-0.39, 0.29) is 17.2 Å². The Hall–Kier alpha value is -3.61. The van der Waals surface area contributed by atoms with Gasteiger partial charge < -0.3 is 14.2 Å². The highest BCUT2D eigenvalue weighted by molar-refractivity contribution is 7.15. The molecule has 0 aliphatic carbocycles. The van der Waals surface area contributed by atoms with Crippen molar-refractivity contribution in [2.45, 2.75) is 27.2 Å². The van der Waals surface area contributed by atoms with Crippen LogP contribution >= 0.6 is 22.9 Å². The molecule has 0 atom stereocenters. The van der Waals surface area contributed by atoms with Gasteiger partial charge in [-0.15, -0.1) is 10.2 Å². The minimum absolute atomic E-state index is 0.112. The number of hydrogen-bond donors (Lipinski definition) is 1. The number of nitriles is 1. The summed E-state index contributed by atoms with van der Waals surface area (Å²) in [6, 6.07) is 14.6. The van der Waals surface area contributed by atoms with Crippen LogP contribution in [-0.2, 0) is 11.2 Å². The smallest absolute Gasteiger partial charge is 0.268 e. The van der Waals surface area contributed by atoms with Crippen LogP contribution in [0.3, 0.4) is 0 Å². The van der Waals surface area contributed by atoms with Crippen LogP contribution in [0.5, 0.6) is 17.2 Å². The van der Waals surface area contributed by atoms with Gasteiger partial charge in [-0.3, -0.25) is 10.1 Å². The lowest BCUT2D eigenvalue weighted by Crippen LogP contribution is -2.13. The average Bonchev–Trinajstić information content (AvgIpc) is 3.28. The molecule has 188 valence electrons. The fourth-order valence-corrected chi connectivity index (χ4v) is 4.33. The topological polar surface area (TPSA) is 106 Å². The van der Waals surface area contributed by atoms with Gasteiger partial charge in [0.25, 0.3) is 5.91 Å². The molecule has 8 nitrogen and oxygen atoms in total. The zero-order valence-corrected chi connectivity index (χ0v) is 21.9. The molecule has 0 aliphatic rings. The van der Waals surface area contributed by atoms with E-state index in [4.69, 9.17) is 25.8 Å². The number of ether oxygens (including phenoxy) is 3. The highest BCUT2D eigenvalue weighted by Gasteiger charge is 2.16. The lowest BCUT2D eigenvalue weighted by atomic mass is 10.1. The fraction of sp³-hybridized carbons (Fsp3) is 0.308. The van der Waals surface area contributed by atoms with E-state index < -0.39 is 5.91 Å². The third kappa shape index (κ3) is 7.97. The van der Waals surface area contributed by atoms with Crippen molar-refractivity contribution in [2.24, 2.45) is 5.92 Å². The molecule has 0 spiro atoms. The number of benzene rings is 2. The second-order valence-corrected chi connectivity index (χ2v) is 9.47. The van der Waals surface area contributed by atoms with E-state index >= 15 is 0 Å². The monoisotopic (exact) mass is 526 g/mol. The number of anilines is 1. The van der Waals surface area contributed by atoms with Crippen LogP contribution in [0.15, 0.2) is 48.0 Å². The van der Waals surface area contributed by atoms with E-state index in [9.17, 15) is 10.1 Å². The summed E-state index contributed by atoms with van der Waals surface area (Å²) in [6.45, 7) is 6.93. The molecule has 0 aliphatic heterocycles. The summed E-state index contributed by atoms with van der Waals surface area (Å²) in [5.74, 6) is 1.34. The van der Waals surface area contributed by atoms with Gasteiger partial charge in [-0.25, -0.2) is 0 Å². The number of para-hydroxylation sites is 1. The number of aromatic nitrogens is 2. The molecule has 3 aromatic rings. The Morgan fingerprint density at radius 1 is 1.17 bits per heavy atom. The van der Waals surface area contributed by atoms with Crippen LogP contribution in [-0.4, -0.2) is 35.9 Å². The summed E-state index contributed by atoms with van der Waals surface area (Å²) in [7, 11) is 0. The minimum Gasteiger partial charge on any atom is -0.490 e. The third-order valence-electron chi connectivity index (χ3n) is 4.62. The lowest BCUT2D eigenvalue weighted by Gasteiger charge is -2.15. The molecule has 0 radical (unpaired) electrons. The SMILES string of the molecule is CCOc1cc(/C=C(/C#N)C(=O)Nc2nnc(CC(C)C)s2)cc(Cl)c1OCCOc1ccccc1. The van der Waals surface area contributed by atoms with Crippen molar-refractivity contribution >= 4 is 40.1 Å². The first-order valence-corrected chi connectivity index (χ1v) is 12.6. The molecule has 0 fully saturated rings. The van der Waals surface area contributed by atoms with Crippen molar-refractivity contribution in [2.75, 3.05) is 25.1 Å². The van der Waals surface area contributed by atoms with Crippen molar-refractivity contribution < 1.29 is 19.0 Å². The normalized spacial score (nSPS) is 11.2. The van der Waals surface area contributed by atoms with E-state index in [0.29, 0.717) is 41.3 Å². The molecule has 1 N–H and O–H groups in total. The predicted molar refractivity (Wildman–Crippen MR) is 141 cm³/mol. The Kier molecular flexibility index (Phi) is 10.1. The van der Waals surface area contributed by atoms with E-state index in [2.05, 4.69) is 29.4 Å². The predicted octanol–water partition coefficient (Wildman–Crippen LogP) is 5.79. The quantitative estimate of drug-likeness (QED) is 0.181. The van der Waals surface area contributed by atoms with Crippen molar-refractivity contribution in [3.05, 3.63) is 63.6 Å². The molecule has 0 unspecified atom stereocenters. The molecular weight excluding hydrogens is 500 g/mol. The number of hydrogen-bond acceptors (Lipinski definition) is 8. The lowest BCUT2D eigenvalue weighted by molar-refractivity contribution is -0.112. The largest absolute Gasteiger partial charge is 0.490 e. The van der Waals surface area contributed by atoms with Crippen LogP contribution in [0.1, 0.15) is 31.3 Å². The third-order valence-corrected chi connectivity index (χ3v) is 5.76. The van der Waals surface area contributed by atoms with Gasteiger partial charge in [0.1, 0.15) is 35.6 Å². The Labute approximate surface area is 219 Å². The molecule has 1 heterocycles. The summed E-state index contributed by atoms with van der Waals surface area (Å²) in [4.78, 5) is 12.7. The van der Waals surface area contributed by atoms with Crippen LogP contribution in [0.2, 0.25) is 5.02 Å². The van der Waals surface area contributed by atoms with Crippen LogP contribution < -0.4 is 19.5 Å². The summed E-state index contributed by atoms with van der Waals surface area (Å²) in [5, 5.41) is 21.7. The standard InChI is InChI=1S/C26H27ClN4O4S/c1-4-33-22-15-18(14-21(27)24(22)35-11-10-34-20-8-6-5-7-9-20)13-19(16-28)25(32)29-26-31-30-23(36-26)12-17(2)3/h5-9,13-15,17H,4,10-12H2,1-3H3,(H,29,31,32)/b19-13-. The molecular formula is C26H27ClN4O4S. The summed E-state index contributed by atoms with van der Waals surface area (Å²) >= 11 is 7.76. The van der Waals surface area contributed by atoms with Gasteiger partial charge in [-0.05, 0) is 48.7 Å². The number of amides is 1. The number of halogens is 1. The van der Waals surface area contributed by atoms with Crippen LogP contribution in [0, 0.1) is 17.2 Å². The van der Waals surface area contributed by atoms with Crippen molar-refractivity contribution in [3.8, 4) is 23.3 Å². The Bertz CT molecular complexity index is 1240. The number of carbonyl (C=O) groups is 1. The molecule has 1 aromatic heterocycles. The Morgan fingerprint density at radius 3 is 2.61 bits per heavy atom. The number of rotatable bonds is 12. The first kappa shape index (κ1) is 27.0. The van der Waals surface area contributed by atoms with Crippen molar-refractivity contribution in [1.82, 2.24) is 10.2 Å². The second kappa shape index (κ2) is 13.5. The Balaban J connectivity index is 1.70. The maximum atomic E-state index is 12.7. The second-order valence-electron chi connectivity index (χ2n) is 8.00. The summed E-state index contributed by atoms with van der Waals surface area (Å²) < 4.78 is 17.2. The molecule has 0 bridgehead atoms. The summed E-state index contributed by atoms with van der Waals surface area (Å²) in [6.07, 6.45) is 2.20. The summed E-state index contributed by atoms with van der Waals surface area (Å²) in [5.41, 5.74) is 0.403. The van der Waals surface area contributed by atoms with Crippen molar-refractivity contribution in [3.63, 3.8) is 0 Å². The molecule has 10 heteroatoms. The van der Waals surface area contributed by atoms with E-state index in [0.717, 1.165) is 17.2 Å². The fourth-order valence-electron chi connectivity index (χ4n) is 3.11. The zero-order valence-electron chi connectivity index (χ0n) is 20.3. The molecule has 1 amide bonds. The van der Waals surface area contributed by atoms with Gasteiger partial charge in [0, 0.05) is 6.42 Å². The van der Waals surface area contributed by atoms with Gasteiger partial charge in [-0.2, -0.15) is 5.26 Å². The van der Waals surface area contributed by atoms with E-state index in [1.54, 1.807) is 12.1 Å². The highest BCUT2D eigenvalue weighted by atomic mass is 35.5. The van der Waals surface area contributed by atoms with Gasteiger partial charge in [0.2, 0.25) is 5.13 Å². The highest BCUT2D eigenvalue weighted by Crippen LogP contribution is 2.37. The average molecular weight is 527 g/mol. The van der Waals surface area contributed by atoms with Gasteiger partial charge in [0.15, 0.2) is 11.5 Å². The molecule has 3 rings (SSSR count). The number of carbonyl (C=O) groups excluding carboxylic acids is 1. The zero-order chi connectivity index (χ0) is 25.9. The maximum Gasteiger partial charge on any atom is 0.268 e. The van der Waals surface area contributed by atoms with E-state index in [1.165, 1.54) is 17.4 Å². The van der Waals surface area contributed by atoms with Crippen molar-refractivity contribution in [1.29, 1.82) is 5.26 Å². The van der Waals surface area contributed by atoms with Gasteiger partial charge in [0.05, 0.1) is 11.6 Å². The number of nitrogens with one attached hydrogen (secondary N) is 1. The first-order valence-electron chi connectivity index (χ1n) is 11.4. The molecule has 2 aromatic carbocycles. The van der Waals surface area contributed by atoms with Crippen LogP contribution in [0.25, 0.3) is 6.08 Å². The molecule has 0 saturated carbocycles. The molecule has 0 saturated heterocycles. The van der Waals surface area contributed by atoms with Crippen LogP contribution in [0.4, 0.5) is 5.13 Å². The minimum atomic E-state index is -0.586. The van der Waals surface area contributed by atoms with Gasteiger partial charge in [-0.1, -0.05) is 55.0 Å². The number of nitrogens with zero attached hydrogens (tertiary/aromatic N) is 3. The first-order chi connectivity index (χ1) is 17.4. The van der Waals surface area contributed by atoms with Gasteiger partial charge >= 0.3 is 0 Å². The van der Waals surface area contributed by atoms with E-state index in [1.807, 2.05) is 43.3 Å². The Morgan fingerprint density at radius 2 is 1.92 bits per heavy atom.